The second kappa shape index (κ2) is 11.8. The maximum Gasteiger partial charge on any atom is 0.119 e. The molecule has 1 aromatic rings. The van der Waals surface area contributed by atoms with E-state index in [1.54, 1.807) is 38.1 Å². The van der Waals surface area contributed by atoms with Gasteiger partial charge in [0.25, 0.3) is 0 Å². The number of unbranched alkanes of at least 4 members (excludes halogenated alkanes) is 3. The Balaban J connectivity index is 2.11. The summed E-state index contributed by atoms with van der Waals surface area (Å²) < 4.78 is 5.61. The molecule has 0 aromatic heterocycles. The van der Waals surface area contributed by atoms with Crippen molar-refractivity contribution in [2.45, 2.75) is 51.7 Å². The van der Waals surface area contributed by atoms with Crippen molar-refractivity contribution in [2.75, 3.05) is 26.2 Å². The maximum absolute atomic E-state index is 10.5. The first-order valence-electron chi connectivity index (χ1n) is 8.66. The highest BCUT2D eigenvalue weighted by Crippen LogP contribution is 2.16. The number of phenolic OH excluding ortho intramolecular Hbond substituents is 1. The van der Waals surface area contributed by atoms with Crippen molar-refractivity contribution in [1.82, 2.24) is 4.90 Å². The van der Waals surface area contributed by atoms with Crippen LogP contribution in [0, 0.1) is 4.91 Å². The third-order valence-corrected chi connectivity index (χ3v) is 3.70. The molecule has 0 aliphatic rings. The number of ether oxygens (including phenoxy) is 1. The molecule has 0 saturated carbocycles. The molecule has 136 valence electrons. The Morgan fingerprint density at radius 2 is 1.75 bits per heavy atom. The number of nitrogens with zero attached hydrogens (tertiary/aromatic N) is 2. The molecule has 0 saturated heterocycles. The van der Waals surface area contributed by atoms with Gasteiger partial charge in [0.15, 0.2) is 0 Å². The molecule has 0 spiro atoms. The minimum atomic E-state index is -0.400. The van der Waals surface area contributed by atoms with Gasteiger partial charge in [0.1, 0.15) is 17.5 Å². The molecular weight excluding hydrogens is 308 g/mol. The van der Waals surface area contributed by atoms with Crippen molar-refractivity contribution < 1.29 is 14.9 Å². The van der Waals surface area contributed by atoms with Gasteiger partial charge < -0.3 is 14.9 Å². The number of benzene rings is 1. The molecule has 0 bridgehead atoms. The van der Waals surface area contributed by atoms with E-state index in [4.69, 9.17) is 4.74 Å². The molecule has 24 heavy (non-hydrogen) atoms. The third kappa shape index (κ3) is 9.47. The Hall–Kier alpha value is -1.66. The van der Waals surface area contributed by atoms with Gasteiger partial charge in [0.05, 0.1) is 12.7 Å². The monoisotopic (exact) mass is 338 g/mol. The highest BCUT2D eigenvalue weighted by molar-refractivity contribution is 5.29. The summed E-state index contributed by atoms with van der Waals surface area (Å²) in [6, 6.07) is 6.49. The normalized spacial score (nSPS) is 13.7. The van der Waals surface area contributed by atoms with E-state index in [0.29, 0.717) is 19.7 Å². The standard InChI is InChI=1S/C18H30N2O4/c1-15(19-23)13-20(14-16(2)21)11-5-3-4-6-12-24-18-9-7-17(22)8-10-18/h7-10,15-16,21-22H,3-6,11-14H2,1-2H3. The summed E-state index contributed by atoms with van der Waals surface area (Å²) >= 11 is 0. The second-order valence-electron chi connectivity index (χ2n) is 6.32. The van der Waals surface area contributed by atoms with Crippen LogP contribution in [0.3, 0.4) is 0 Å². The SMILES string of the molecule is CC(O)CN(CCCCCCOc1ccc(O)cc1)CC(C)N=O. The number of aliphatic hydroxyl groups excluding tert-OH is 1. The summed E-state index contributed by atoms with van der Waals surface area (Å²) in [4.78, 5) is 12.6. The smallest absolute Gasteiger partial charge is 0.119 e. The highest BCUT2D eigenvalue weighted by Gasteiger charge is 2.12. The molecule has 1 aromatic carbocycles. The first kappa shape index (κ1) is 20.4. The zero-order valence-electron chi connectivity index (χ0n) is 14.7. The predicted octanol–water partition coefficient (Wildman–Crippen LogP) is 3.17. The lowest BCUT2D eigenvalue weighted by Crippen LogP contribution is -2.36. The van der Waals surface area contributed by atoms with Gasteiger partial charge in [-0.25, -0.2) is 0 Å². The molecule has 1 rings (SSSR count). The Bertz CT molecular complexity index is 451. The van der Waals surface area contributed by atoms with Gasteiger partial charge in [-0.1, -0.05) is 18.0 Å². The first-order valence-corrected chi connectivity index (χ1v) is 8.66. The van der Waals surface area contributed by atoms with E-state index in [0.717, 1.165) is 38.0 Å². The van der Waals surface area contributed by atoms with Crippen molar-refractivity contribution in [3.05, 3.63) is 29.2 Å². The molecule has 0 radical (unpaired) electrons. The fraction of sp³-hybridized carbons (Fsp3) is 0.667. The van der Waals surface area contributed by atoms with Crippen LogP contribution in [-0.4, -0.2) is 53.5 Å². The van der Waals surface area contributed by atoms with E-state index < -0.39 is 6.10 Å². The van der Waals surface area contributed by atoms with Crippen molar-refractivity contribution in [1.29, 1.82) is 0 Å². The average molecular weight is 338 g/mol. The summed E-state index contributed by atoms with van der Waals surface area (Å²) in [5, 5.41) is 21.8. The van der Waals surface area contributed by atoms with Crippen LogP contribution in [0.1, 0.15) is 39.5 Å². The van der Waals surface area contributed by atoms with Crippen molar-refractivity contribution in [3.8, 4) is 11.5 Å². The molecule has 2 N–H and O–H groups in total. The molecule has 0 heterocycles. The maximum atomic E-state index is 10.5. The van der Waals surface area contributed by atoms with Crippen molar-refractivity contribution in [3.63, 3.8) is 0 Å². The quantitative estimate of drug-likeness (QED) is 0.426. The number of hydrogen-bond donors (Lipinski definition) is 2. The second-order valence-corrected chi connectivity index (χ2v) is 6.32. The van der Waals surface area contributed by atoms with E-state index in [1.807, 2.05) is 0 Å². The molecule has 2 atom stereocenters. The van der Waals surface area contributed by atoms with Gasteiger partial charge in [0.2, 0.25) is 0 Å². The van der Waals surface area contributed by atoms with Crippen LogP contribution in [0.25, 0.3) is 0 Å². The fourth-order valence-corrected chi connectivity index (χ4v) is 2.56. The van der Waals surface area contributed by atoms with Crippen LogP contribution < -0.4 is 4.74 Å². The Morgan fingerprint density at radius 3 is 2.38 bits per heavy atom. The molecule has 6 heteroatoms. The zero-order chi connectivity index (χ0) is 17.8. The summed E-state index contributed by atoms with van der Waals surface area (Å²) in [7, 11) is 0. The van der Waals surface area contributed by atoms with Gasteiger partial charge in [-0.2, -0.15) is 4.91 Å². The predicted molar refractivity (Wildman–Crippen MR) is 95.4 cm³/mol. The zero-order valence-corrected chi connectivity index (χ0v) is 14.7. The van der Waals surface area contributed by atoms with Gasteiger partial charge in [-0.3, -0.25) is 4.90 Å². The van der Waals surface area contributed by atoms with E-state index in [-0.39, 0.29) is 11.8 Å². The molecule has 0 aliphatic carbocycles. The molecule has 2 unspecified atom stereocenters. The van der Waals surface area contributed by atoms with Crippen LogP contribution in [-0.2, 0) is 0 Å². The topological polar surface area (TPSA) is 82.4 Å². The molecule has 0 amide bonds. The van der Waals surface area contributed by atoms with Gasteiger partial charge in [0, 0.05) is 13.1 Å². The minimum absolute atomic E-state index is 0.239. The van der Waals surface area contributed by atoms with Gasteiger partial charge >= 0.3 is 0 Å². The minimum Gasteiger partial charge on any atom is -0.508 e. The van der Waals surface area contributed by atoms with Crippen LogP contribution in [0.2, 0.25) is 0 Å². The third-order valence-electron chi connectivity index (χ3n) is 3.70. The van der Waals surface area contributed by atoms with Crippen molar-refractivity contribution in [2.24, 2.45) is 5.18 Å². The largest absolute Gasteiger partial charge is 0.508 e. The Labute approximate surface area is 144 Å². The lowest BCUT2D eigenvalue weighted by molar-refractivity contribution is 0.122. The summed E-state index contributed by atoms with van der Waals surface area (Å²) in [6.07, 6.45) is 3.75. The van der Waals surface area contributed by atoms with Crippen LogP contribution in [0.4, 0.5) is 0 Å². The lowest BCUT2D eigenvalue weighted by atomic mass is 10.2. The van der Waals surface area contributed by atoms with Gasteiger partial charge in [-0.15, -0.1) is 0 Å². The number of aliphatic hydroxyl groups is 1. The molecular formula is C18H30N2O4. The van der Waals surface area contributed by atoms with E-state index in [1.165, 1.54) is 0 Å². The summed E-state index contributed by atoms with van der Waals surface area (Å²) in [5.74, 6) is 1.01. The highest BCUT2D eigenvalue weighted by atomic mass is 16.5. The molecule has 0 fully saturated rings. The van der Waals surface area contributed by atoms with Crippen molar-refractivity contribution >= 4 is 0 Å². The molecule has 0 aliphatic heterocycles. The number of aromatic hydroxyl groups is 1. The summed E-state index contributed by atoms with van der Waals surface area (Å²) in [6.45, 7) is 6.25. The number of nitroso groups, excluding NO2 is 1. The van der Waals surface area contributed by atoms with Crippen LogP contribution in [0.5, 0.6) is 11.5 Å². The van der Waals surface area contributed by atoms with Crippen LogP contribution >= 0.6 is 0 Å². The summed E-state index contributed by atoms with van der Waals surface area (Å²) in [5.41, 5.74) is 0. The van der Waals surface area contributed by atoms with Crippen LogP contribution in [0.15, 0.2) is 29.4 Å². The van der Waals surface area contributed by atoms with E-state index >= 15 is 0 Å². The number of hydrogen-bond acceptors (Lipinski definition) is 6. The number of phenols is 1. The van der Waals surface area contributed by atoms with Gasteiger partial charge in [-0.05, 0) is 57.5 Å². The average Bonchev–Trinajstić information content (AvgIpc) is 2.54. The van der Waals surface area contributed by atoms with E-state index in [9.17, 15) is 15.1 Å². The lowest BCUT2D eigenvalue weighted by Gasteiger charge is -2.24. The number of rotatable bonds is 13. The fourth-order valence-electron chi connectivity index (χ4n) is 2.56. The Kier molecular flexibility index (Phi) is 10.0. The first-order chi connectivity index (χ1) is 11.5. The Morgan fingerprint density at radius 1 is 1.08 bits per heavy atom. The molecule has 6 nitrogen and oxygen atoms in total. The van der Waals surface area contributed by atoms with E-state index in [2.05, 4.69) is 10.1 Å².